The molecule has 0 radical (unpaired) electrons. The first-order valence-electron chi connectivity index (χ1n) is 8.28. The van der Waals surface area contributed by atoms with Crippen LogP contribution < -0.4 is 20.9 Å². The van der Waals surface area contributed by atoms with Crippen LogP contribution in [0.4, 0.5) is 10.5 Å². The molecule has 0 aliphatic heterocycles. The highest BCUT2D eigenvalue weighted by Gasteiger charge is 2.21. The molecule has 0 unspecified atom stereocenters. The summed E-state index contributed by atoms with van der Waals surface area (Å²) < 4.78 is 5.16. The van der Waals surface area contributed by atoms with Gasteiger partial charge in [0.25, 0.3) is 5.91 Å². The Morgan fingerprint density at radius 3 is 2.85 bits per heavy atom. The van der Waals surface area contributed by atoms with Gasteiger partial charge in [-0.3, -0.25) is 10.2 Å². The van der Waals surface area contributed by atoms with Gasteiger partial charge in [-0.15, -0.1) is 11.3 Å². The molecule has 1 heterocycles. The van der Waals surface area contributed by atoms with Crippen LogP contribution in [-0.2, 0) is 12.8 Å². The van der Waals surface area contributed by atoms with Gasteiger partial charge in [0, 0.05) is 9.90 Å². The Balaban J connectivity index is 1.58. The summed E-state index contributed by atoms with van der Waals surface area (Å²) in [5.74, 6) is 0.787. The maximum Gasteiger partial charge on any atom is 0.338 e. The first-order valence-corrected chi connectivity index (χ1v) is 9.48. The standard InChI is InChI=1S/C18H20ClN3O3S/c1-10-3-4-11-8-16(26-15(11)7-10)17(23)21-22-18(24)20-13-9-12(19)5-6-14(13)25-2/h5-6,8-10H,3-4,7H2,1-2H3,(H,21,23)(H2,20,22,24)/t10-/m0/s1. The van der Waals surface area contributed by atoms with Crippen molar-refractivity contribution in [3.63, 3.8) is 0 Å². The molecule has 6 nitrogen and oxygen atoms in total. The van der Waals surface area contributed by atoms with Crippen LogP contribution in [0.15, 0.2) is 24.3 Å². The Kier molecular flexibility index (Phi) is 5.68. The average molecular weight is 394 g/mol. The largest absolute Gasteiger partial charge is 0.495 e. The van der Waals surface area contributed by atoms with E-state index in [1.807, 2.05) is 6.07 Å². The van der Waals surface area contributed by atoms with E-state index >= 15 is 0 Å². The lowest BCUT2D eigenvalue weighted by Crippen LogP contribution is -2.43. The first kappa shape index (κ1) is 18.5. The van der Waals surface area contributed by atoms with E-state index in [-0.39, 0.29) is 5.91 Å². The van der Waals surface area contributed by atoms with Crippen LogP contribution in [0.5, 0.6) is 5.75 Å². The molecule has 0 fully saturated rings. The van der Waals surface area contributed by atoms with Crippen LogP contribution in [0, 0.1) is 5.92 Å². The summed E-state index contributed by atoms with van der Waals surface area (Å²) in [6.07, 6.45) is 3.16. The zero-order valence-corrected chi connectivity index (χ0v) is 16.1. The molecular weight excluding hydrogens is 374 g/mol. The molecule has 0 spiro atoms. The van der Waals surface area contributed by atoms with E-state index in [9.17, 15) is 9.59 Å². The molecule has 0 saturated carbocycles. The lowest BCUT2D eigenvalue weighted by atomic mass is 9.90. The van der Waals surface area contributed by atoms with E-state index in [0.29, 0.717) is 27.3 Å². The Hall–Kier alpha value is -2.25. The molecule has 3 rings (SSSR count). The zero-order valence-electron chi connectivity index (χ0n) is 14.5. The normalized spacial score (nSPS) is 15.7. The number of rotatable bonds is 3. The number of amides is 3. The summed E-state index contributed by atoms with van der Waals surface area (Å²) in [5, 5.41) is 3.05. The van der Waals surface area contributed by atoms with Crippen LogP contribution in [0.3, 0.4) is 0 Å². The fraction of sp³-hybridized carbons (Fsp3) is 0.333. The molecule has 3 N–H and O–H groups in total. The number of hydrazine groups is 1. The lowest BCUT2D eigenvalue weighted by Gasteiger charge is -2.16. The average Bonchev–Trinajstić information content (AvgIpc) is 3.03. The molecule has 8 heteroatoms. The van der Waals surface area contributed by atoms with Crippen molar-refractivity contribution in [1.29, 1.82) is 0 Å². The second-order valence-electron chi connectivity index (χ2n) is 6.28. The van der Waals surface area contributed by atoms with E-state index in [0.717, 1.165) is 19.3 Å². The number of nitrogens with one attached hydrogen (secondary N) is 3. The van der Waals surface area contributed by atoms with Crippen LogP contribution in [-0.4, -0.2) is 19.0 Å². The van der Waals surface area contributed by atoms with Crippen molar-refractivity contribution < 1.29 is 14.3 Å². The molecule has 1 aromatic heterocycles. The second kappa shape index (κ2) is 7.97. The van der Waals surface area contributed by atoms with Crippen molar-refractivity contribution in [1.82, 2.24) is 10.9 Å². The highest BCUT2D eigenvalue weighted by atomic mass is 35.5. The monoisotopic (exact) mass is 393 g/mol. The van der Waals surface area contributed by atoms with Crippen molar-refractivity contribution in [2.45, 2.75) is 26.2 Å². The van der Waals surface area contributed by atoms with Gasteiger partial charge in [-0.1, -0.05) is 18.5 Å². The van der Waals surface area contributed by atoms with Gasteiger partial charge >= 0.3 is 6.03 Å². The predicted molar refractivity (Wildman–Crippen MR) is 103 cm³/mol. The highest BCUT2D eigenvalue weighted by Crippen LogP contribution is 2.32. The third-order valence-corrected chi connectivity index (χ3v) is 5.69. The van der Waals surface area contributed by atoms with Gasteiger partial charge in [0.2, 0.25) is 0 Å². The maximum absolute atomic E-state index is 12.3. The molecule has 3 amide bonds. The van der Waals surface area contributed by atoms with E-state index in [2.05, 4.69) is 23.1 Å². The maximum atomic E-state index is 12.3. The predicted octanol–water partition coefficient (Wildman–Crippen LogP) is 4.00. The van der Waals surface area contributed by atoms with Gasteiger partial charge < -0.3 is 10.1 Å². The van der Waals surface area contributed by atoms with Crippen LogP contribution in [0.2, 0.25) is 5.02 Å². The van der Waals surface area contributed by atoms with E-state index in [1.54, 1.807) is 18.2 Å². The fourth-order valence-corrected chi connectivity index (χ4v) is 4.33. The third kappa shape index (κ3) is 4.28. The highest BCUT2D eigenvalue weighted by molar-refractivity contribution is 7.14. The van der Waals surface area contributed by atoms with Crippen LogP contribution in [0.25, 0.3) is 0 Å². The summed E-state index contributed by atoms with van der Waals surface area (Å²) in [6, 6.07) is 6.20. The number of aryl methyl sites for hydroxylation is 1. The van der Waals surface area contributed by atoms with Gasteiger partial charge in [-0.2, -0.15) is 0 Å². The number of hydrogen-bond acceptors (Lipinski definition) is 4. The van der Waals surface area contributed by atoms with Crippen molar-refractivity contribution >= 4 is 40.6 Å². The summed E-state index contributed by atoms with van der Waals surface area (Å²) in [4.78, 5) is 26.2. The molecule has 2 aromatic rings. The Bertz CT molecular complexity index is 837. The van der Waals surface area contributed by atoms with Crippen LogP contribution in [0.1, 0.15) is 33.5 Å². The summed E-state index contributed by atoms with van der Waals surface area (Å²) >= 11 is 7.42. The van der Waals surface area contributed by atoms with Crippen molar-refractivity contribution in [2.24, 2.45) is 5.92 Å². The van der Waals surface area contributed by atoms with Gasteiger partial charge in [-0.25, -0.2) is 10.2 Å². The summed E-state index contributed by atoms with van der Waals surface area (Å²) in [7, 11) is 1.49. The summed E-state index contributed by atoms with van der Waals surface area (Å²) in [5.41, 5.74) is 6.43. The Morgan fingerprint density at radius 2 is 2.08 bits per heavy atom. The molecule has 1 aliphatic carbocycles. The number of fused-ring (bicyclic) bond motifs is 1. The number of methoxy groups -OCH3 is 1. The number of benzene rings is 1. The van der Waals surface area contributed by atoms with Gasteiger partial charge in [0.05, 0.1) is 17.7 Å². The minimum absolute atomic E-state index is 0.328. The van der Waals surface area contributed by atoms with E-state index in [4.69, 9.17) is 16.3 Å². The SMILES string of the molecule is COc1ccc(Cl)cc1NC(=O)NNC(=O)c1cc2c(s1)C[C@@H](C)CC2. The zero-order chi connectivity index (χ0) is 18.7. The number of ether oxygens (including phenoxy) is 1. The minimum Gasteiger partial charge on any atom is -0.495 e. The topological polar surface area (TPSA) is 79.5 Å². The minimum atomic E-state index is -0.589. The number of carbonyl (C=O) groups is 2. The quantitative estimate of drug-likeness (QED) is 0.689. The van der Waals surface area contributed by atoms with Crippen molar-refractivity contribution in [3.05, 3.63) is 44.6 Å². The summed E-state index contributed by atoms with van der Waals surface area (Å²) in [6.45, 7) is 2.22. The number of thiophene rings is 1. The molecule has 1 atom stereocenters. The number of urea groups is 1. The van der Waals surface area contributed by atoms with Crippen molar-refractivity contribution in [2.75, 3.05) is 12.4 Å². The van der Waals surface area contributed by atoms with Gasteiger partial charge in [0.15, 0.2) is 0 Å². The van der Waals surface area contributed by atoms with Gasteiger partial charge in [0.1, 0.15) is 5.75 Å². The Morgan fingerprint density at radius 1 is 1.27 bits per heavy atom. The lowest BCUT2D eigenvalue weighted by molar-refractivity contribution is 0.0942. The molecular formula is C18H20ClN3O3S. The van der Waals surface area contributed by atoms with Gasteiger partial charge in [-0.05, 0) is 55.0 Å². The Labute approximate surface area is 160 Å². The number of anilines is 1. The third-order valence-electron chi connectivity index (χ3n) is 4.26. The van der Waals surface area contributed by atoms with Crippen molar-refractivity contribution in [3.8, 4) is 5.75 Å². The molecule has 138 valence electrons. The number of hydrogen-bond donors (Lipinski definition) is 3. The number of carbonyl (C=O) groups excluding carboxylic acids is 2. The van der Waals surface area contributed by atoms with E-state index in [1.165, 1.54) is 28.9 Å². The van der Waals surface area contributed by atoms with Crippen LogP contribution >= 0.6 is 22.9 Å². The molecule has 26 heavy (non-hydrogen) atoms. The fourth-order valence-electron chi connectivity index (χ4n) is 2.89. The second-order valence-corrected chi connectivity index (χ2v) is 7.86. The number of halogens is 1. The molecule has 0 saturated heterocycles. The molecule has 1 aliphatic rings. The first-order chi connectivity index (χ1) is 12.5. The smallest absolute Gasteiger partial charge is 0.338 e. The molecule has 1 aromatic carbocycles. The van der Waals surface area contributed by atoms with E-state index < -0.39 is 6.03 Å². The molecule has 0 bridgehead atoms.